The monoisotopic (exact) mass is 244 g/mol. The van der Waals surface area contributed by atoms with Gasteiger partial charge in [-0.3, -0.25) is 4.90 Å². The minimum absolute atomic E-state index is 0.867. The van der Waals surface area contributed by atoms with Gasteiger partial charge in [-0.05, 0) is 50.9 Å². The third-order valence-corrected chi connectivity index (χ3v) is 4.58. The first kappa shape index (κ1) is 14.3. The minimum atomic E-state index is 0.867. The molecule has 0 aromatic rings. The van der Waals surface area contributed by atoms with Crippen molar-refractivity contribution in [3.8, 4) is 0 Å². The molecular formula is C13H28N2S. The van der Waals surface area contributed by atoms with Gasteiger partial charge in [0.05, 0.1) is 0 Å². The van der Waals surface area contributed by atoms with Crippen molar-refractivity contribution in [3.05, 3.63) is 0 Å². The molecule has 1 fully saturated rings. The zero-order valence-electron chi connectivity index (χ0n) is 11.2. The third kappa shape index (κ3) is 5.07. The van der Waals surface area contributed by atoms with Gasteiger partial charge in [0.25, 0.3) is 0 Å². The Morgan fingerprint density at radius 1 is 1.06 bits per heavy atom. The average Bonchev–Trinajstić information content (AvgIpc) is 2.35. The molecule has 0 spiro atoms. The maximum Gasteiger partial charge on any atom is 0.0112 e. The summed E-state index contributed by atoms with van der Waals surface area (Å²) in [6.45, 7) is 9.47. The normalized spacial score (nSPS) is 18.6. The van der Waals surface area contributed by atoms with Crippen LogP contribution in [0, 0.1) is 0 Å². The smallest absolute Gasteiger partial charge is 0.0112 e. The van der Waals surface area contributed by atoms with E-state index in [9.17, 15) is 0 Å². The van der Waals surface area contributed by atoms with E-state index < -0.39 is 0 Å². The Bertz CT molecular complexity index is 169. The summed E-state index contributed by atoms with van der Waals surface area (Å²) in [6.07, 6.45) is 4.10. The molecule has 3 heteroatoms. The zero-order valence-corrected chi connectivity index (χ0v) is 12.1. The van der Waals surface area contributed by atoms with Crippen molar-refractivity contribution in [2.75, 3.05) is 44.7 Å². The Labute approximate surface area is 106 Å². The van der Waals surface area contributed by atoms with Gasteiger partial charge in [0, 0.05) is 19.1 Å². The van der Waals surface area contributed by atoms with Crippen LogP contribution in [0.1, 0.15) is 33.1 Å². The van der Waals surface area contributed by atoms with Crippen LogP contribution in [0.2, 0.25) is 0 Å². The second-order valence-corrected chi connectivity index (χ2v) is 6.00. The Morgan fingerprint density at radius 3 is 2.31 bits per heavy atom. The van der Waals surface area contributed by atoms with Gasteiger partial charge in [0.15, 0.2) is 0 Å². The maximum absolute atomic E-state index is 2.73. The molecule has 0 aromatic carbocycles. The van der Waals surface area contributed by atoms with Crippen LogP contribution in [0.25, 0.3) is 0 Å². The van der Waals surface area contributed by atoms with Crippen LogP contribution >= 0.6 is 11.8 Å². The van der Waals surface area contributed by atoms with Gasteiger partial charge in [-0.2, -0.15) is 11.8 Å². The second kappa shape index (κ2) is 8.37. The summed E-state index contributed by atoms with van der Waals surface area (Å²) in [5.41, 5.74) is 0. The van der Waals surface area contributed by atoms with Crippen molar-refractivity contribution in [1.29, 1.82) is 0 Å². The van der Waals surface area contributed by atoms with E-state index in [4.69, 9.17) is 0 Å². The molecule has 1 aliphatic heterocycles. The standard InChI is InChI=1S/C13H28N2S/c1-4-8-15(10-9-14(3)5-2)13-6-11-16-12-7-13/h13H,4-12H2,1-3H3. The molecule has 16 heavy (non-hydrogen) atoms. The van der Waals surface area contributed by atoms with Gasteiger partial charge in [-0.15, -0.1) is 0 Å². The molecule has 0 amide bonds. The van der Waals surface area contributed by atoms with Gasteiger partial charge in [-0.25, -0.2) is 0 Å². The van der Waals surface area contributed by atoms with Crippen molar-refractivity contribution in [2.24, 2.45) is 0 Å². The van der Waals surface area contributed by atoms with E-state index in [0.717, 1.165) is 6.04 Å². The minimum Gasteiger partial charge on any atom is -0.305 e. The topological polar surface area (TPSA) is 6.48 Å². The highest BCUT2D eigenvalue weighted by atomic mass is 32.2. The predicted molar refractivity (Wildman–Crippen MR) is 75.4 cm³/mol. The summed E-state index contributed by atoms with van der Waals surface area (Å²) in [6, 6.07) is 0.867. The Kier molecular flexibility index (Phi) is 7.50. The van der Waals surface area contributed by atoms with Gasteiger partial charge in [-0.1, -0.05) is 13.8 Å². The summed E-state index contributed by atoms with van der Waals surface area (Å²) in [5.74, 6) is 2.74. The van der Waals surface area contributed by atoms with Gasteiger partial charge >= 0.3 is 0 Å². The summed E-state index contributed by atoms with van der Waals surface area (Å²) < 4.78 is 0. The third-order valence-electron chi connectivity index (χ3n) is 3.53. The molecular weight excluding hydrogens is 216 g/mol. The molecule has 0 aliphatic carbocycles. The molecule has 1 heterocycles. The summed E-state index contributed by atoms with van der Waals surface area (Å²) in [5, 5.41) is 0. The maximum atomic E-state index is 2.73. The van der Waals surface area contributed by atoms with Crippen molar-refractivity contribution >= 4 is 11.8 Å². The quantitative estimate of drug-likeness (QED) is 0.679. The van der Waals surface area contributed by atoms with Crippen LogP contribution in [0.15, 0.2) is 0 Å². The van der Waals surface area contributed by atoms with Crippen LogP contribution in [-0.4, -0.2) is 60.6 Å². The van der Waals surface area contributed by atoms with Crippen LogP contribution in [-0.2, 0) is 0 Å². The summed E-state index contributed by atoms with van der Waals surface area (Å²) in [7, 11) is 2.22. The second-order valence-electron chi connectivity index (χ2n) is 4.78. The molecule has 0 aromatic heterocycles. The van der Waals surface area contributed by atoms with Gasteiger partial charge in [0.2, 0.25) is 0 Å². The lowest BCUT2D eigenvalue weighted by molar-refractivity contribution is 0.164. The Hall–Kier alpha value is 0.270. The highest BCUT2D eigenvalue weighted by molar-refractivity contribution is 7.99. The summed E-state index contributed by atoms with van der Waals surface area (Å²) in [4.78, 5) is 5.14. The number of hydrogen-bond acceptors (Lipinski definition) is 3. The largest absolute Gasteiger partial charge is 0.305 e. The molecule has 1 saturated heterocycles. The number of nitrogens with zero attached hydrogens (tertiary/aromatic N) is 2. The van der Waals surface area contributed by atoms with E-state index in [1.54, 1.807) is 0 Å². The molecule has 0 unspecified atom stereocenters. The van der Waals surface area contributed by atoms with Crippen LogP contribution in [0.5, 0.6) is 0 Å². The van der Waals surface area contributed by atoms with E-state index in [2.05, 4.69) is 42.5 Å². The molecule has 1 aliphatic rings. The lowest BCUT2D eigenvalue weighted by atomic mass is 10.1. The molecule has 2 nitrogen and oxygen atoms in total. The van der Waals surface area contributed by atoms with E-state index in [0.29, 0.717) is 0 Å². The zero-order chi connectivity index (χ0) is 11.8. The molecule has 1 rings (SSSR count). The lowest BCUT2D eigenvalue weighted by Crippen LogP contribution is -2.42. The SMILES string of the molecule is CCCN(CCN(C)CC)C1CCSCC1. The van der Waals surface area contributed by atoms with Crippen molar-refractivity contribution in [3.63, 3.8) is 0 Å². The summed E-state index contributed by atoms with van der Waals surface area (Å²) >= 11 is 2.13. The molecule has 0 radical (unpaired) electrons. The first-order chi connectivity index (χ1) is 7.77. The van der Waals surface area contributed by atoms with Crippen LogP contribution < -0.4 is 0 Å². The number of likely N-dealkylation sites (N-methyl/N-ethyl adjacent to an activating group) is 1. The fourth-order valence-corrected chi connectivity index (χ4v) is 3.35. The predicted octanol–water partition coefficient (Wildman–Crippen LogP) is 2.55. The molecule has 0 saturated carbocycles. The number of thioether (sulfide) groups is 1. The van der Waals surface area contributed by atoms with Crippen molar-refractivity contribution in [2.45, 2.75) is 39.2 Å². The van der Waals surface area contributed by atoms with Crippen molar-refractivity contribution in [1.82, 2.24) is 9.80 Å². The van der Waals surface area contributed by atoms with Crippen LogP contribution in [0.4, 0.5) is 0 Å². The van der Waals surface area contributed by atoms with E-state index in [-0.39, 0.29) is 0 Å². The number of rotatable bonds is 7. The first-order valence-corrected chi connectivity index (χ1v) is 7.93. The molecule has 0 N–H and O–H groups in total. The molecule has 0 bridgehead atoms. The van der Waals surface area contributed by atoms with Gasteiger partial charge in [0.1, 0.15) is 0 Å². The van der Waals surface area contributed by atoms with Gasteiger partial charge < -0.3 is 4.90 Å². The fourth-order valence-electron chi connectivity index (χ4n) is 2.27. The van der Waals surface area contributed by atoms with E-state index in [1.807, 2.05) is 0 Å². The highest BCUT2D eigenvalue weighted by Crippen LogP contribution is 2.21. The fraction of sp³-hybridized carbons (Fsp3) is 1.00. The number of hydrogen-bond donors (Lipinski definition) is 0. The van der Waals surface area contributed by atoms with Crippen LogP contribution in [0.3, 0.4) is 0 Å². The molecule has 0 atom stereocenters. The highest BCUT2D eigenvalue weighted by Gasteiger charge is 2.20. The Morgan fingerprint density at radius 2 is 1.75 bits per heavy atom. The molecule has 96 valence electrons. The van der Waals surface area contributed by atoms with Crippen molar-refractivity contribution < 1.29 is 0 Å². The van der Waals surface area contributed by atoms with E-state index in [1.165, 1.54) is 56.9 Å². The lowest BCUT2D eigenvalue weighted by Gasteiger charge is -2.35. The van der Waals surface area contributed by atoms with E-state index >= 15 is 0 Å². The first-order valence-electron chi connectivity index (χ1n) is 6.78. The Balaban J connectivity index is 2.33. The average molecular weight is 244 g/mol.